The molecule has 1 aliphatic rings. The van der Waals surface area contributed by atoms with Crippen LogP contribution in [0.2, 0.25) is 0 Å². The average molecular weight is 412 g/mol. The van der Waals surface area contributed by atoms with E-state index in [-0.39, 0.29) is 17.8 Å². The molecule has 2 unspecified atom stereocenters. The van der Waals surface area contributed by atoms with Gasteiger partial charge in [-0.2, -0.15) is 13.2 Å². The molecule has 0 radical (unpaired) electrons. The standard InChI is InChI=1S/C20H17F5N2O2/c1-26-10-13(11-5-3-6-12(9-11)20(23,24)25)16(18(26)28)19(29)27(2)15-8-4-7-14(21)17(15)22/h3-9,13,16H,10H2,1-2H3. The van der Waals surface area contributed by atoms with Crippen molar-refractivity contribution in [3.05, 3.63) is 65.2 Å². The highest BCUT2D eigenvalue weighted by Gasteiger charge is 2.46. The van der Waals surface area contributed by atoms with Crippen LogP contribution in [-0.2, 0) is 15.8 Å². The lowest BCUT2D eigenvalue weighted by molar-refractivity contribution is -0.137. The number of alkyl halides is 3. The third-order valence-corrected chi connectivity index (χ3v) is 5.05. The molecule has 3 rings (SSSR count). The molecule has 0 saturated carbocycles. The number of carbonyl (C=O) groups excluding carboxylic acids is 2. The van der Waals surface area contributed by atoms with Gasteiger partial charge in [-0.25, -0.2) is 8.78 Å². The third-order valence-electron chi connectivity index (χ3n) is 5.05. The first-order valence-electron chi connectivity index (χ1n) is 8.66. The van der Waals surface area contributed by atoms with E-state index in [1.165, 1.54) is 43.3 Å². The first kappa shape index (κ1) is 20.8. The van der Waals surface area contributed by atoms with Gasteiger partial charge < -0.3 is 9.80 Å². The van der Waals surface area contributed by atoms with E-state index in [1.807, 2.05) is 0 Å². The molecule has 1 fully saturated rings. The number of carbonyl (C=O) groups is 2. The number of rotatable bonds is 3. The Balaban J connectivity index is 1.99. The fraction of sp³-hybridized carbons (Fsp3) is 0.300. The van der Waals surface area contributed by atoms with Gasteiger partial charge in [-0.05, 0) is 23.8 Å². The molecule has 0 aromatic heterocycles. The van der Waals surface area contributed by atoms with E-state index in [0.717, 1.165) is 23.1 Å². The van der Waals surface area contributed by atoms with E-state index in [0.29, 0.717) is 0 Å². The maximum Gasteiger partial charge on any atom is 0.416 e. The van der Waals surface area contributed by atoms with Gasteiger partial charge in [0.05, 0.1) is 11.3 Å². The predicted molar refractivity (Wildman–Crippen MR) is 95.1 cm³/mol. The Kier molecular flexibility index (Phi) is 5.34. The van der Waals surface area contributed by atoms with Crippen molar-refractivity contribution >= 4 is 17.5 Å². The van der Waals surface area contributed by atoms with Gasteiger partial charge in [0.25, 0.3) is 0 Å². The number of halogens is 5. The highest BCUT2D eigenvalue weighted by atomic mass is 19.4. The molecule has 0 N–H and O–H groups in total. The summed E-state index contributed by atoms with van der Waals surface area (Å²) >= 11 is 0. The number of benzene rings is 2. The van der Waals surface area contributed by atoms with Crippen molar-refractivity contribution in [1.82, 2.24) is 4.90 Å². The van der Waals surface area contributed by atoms with E-state index in [4.69, 9.17) is 0 Å². The van der Waals surface area contributed by atoms with E-state index in [9.17, 15) is 31.5 Å². The van der Waals surface area contributed by atoms with Gasteiger partial charge in [0, 0.05) is 26.6 Å². The monoisotopic (exact) mass is 412 g/mol. The Bertz CT molecular complexity index is 960. The Morgan fingerprint density at radius 1 is 1.14 bits per heavy atom. The van der Waals surface area contributed by atoms with Gasteiger partial charge in [-0.15, -0.1) is 0 Å². The van der Waals surface area contributed by atoms with Crippen molar-refractivity contribution < 1.29 is 31.5 Å². The quantitative estimate of drug-likeness (QED) is 0.568. The fourth-order valence-electron chi connectivity index (χ4n) is 3.50. The van der Waals surface area contributed by atoms with E-state index < -0.39 is 47.0 Å². The van der Waals surface area contributed by atoms with Crippen LogP contribution in [-0.4, -0.2) is 37.4 Å². The van der Waals surface area contributed by atoms with E-state index in [2.05, 4.69) is 0 Å². The van der Waals surface area contributed by atoms with E-state index in [1.54, 1.807) is 0 Å². The maximum absolute atomic E-state index is 14.1. The lowest BCUT2D eigenvalue weighted by Crippen LogP contribution is -2.39. The summed E-state index contributed by atoms with van der Waals surface area (Å²) in [6.07, 6.45) is -4.58. The van der Waals surface area contributed by atoms with Gasteiger partial charge in [-0.1, -0.05) is 24.3 Å². The Morgan fingerprint density at radius 3 is 2.45 bits per heavy atom. The van der Waals surface area contributed by atoms with Gasteiger partial charge in [0.15, 0.2) is 11.6 Å². The van der Waals surface area contributed by atoms with Gasteiger partial charge in [-0.3, -0.25) is 9.59 Å². The molecule has 9 heteroatoms. The summed E-state index contributed by atoms with van der Waals surface area (Å²) in [5, 5.41) is 0. The lowest BCUT2D eigenvalue weighted by Gasteiger charge is -2.24. The second-order valence-electron chi connectivity index (χ2n) is 6.90. The number of nitrogens with zero attached hydrogens (tertiary/aromatic N) is 2. The minimum absolute atomic E-state index is 0.0238. The van der Waals surface area contributed by atoms with Crippen LogP contribution in [0.15, 0.2) is 42.5 Å². The first-order chi connectivity index (χ1) is 13.5. The largest absolute Gasteiger partial charge is 0.416 e. The number of likely N-dealkylation sites (tertiary alicyclic amines) is 1. The Hall–Kier alpha value is -2.97. The summed E-state index contributed by atoms with van der Waals surface area (Å²) in [7, 11) is 2.62. The molecule has 2 amide bonds. The van der Waals surface area contributed by atoms with Gasteiger partial charge >= 0.3 is 6.18 Å². The summed E-state index contributed by atoms with van der Waals surface area (Å²) in [5.74, 6) is -6.05. The van der Waals surface area contributed by atoms with Crippen LogP contribution >= 0.6 is 0 Å². The molecule has 29 heavy (non-hydrogen) atoms. The summed E-state index contributed by atoms with van der Waals surface area (Å²) in [6, 6.07) is 7.70. The Morgan fingerprint density at radius 2 is 1.79 bits per heavy atom. The predicted octanol–water partition coefficient (Wildman–Crippen LogP) is 3.82. The molecule has 4 nitrogen and oxygen atoms in total. The summed E-state index contributed by atoms with van der Waals surface area (Å²) in [5.41, 5.74) is -1.09. The molecule has 2 aromatic rings. The molecule has 0 aliphatic carbocycles. The average Bonchev–Trinajstić information content (AvgIpc) is 2.97. The van der Waals surface area contributed by atoms with Crippen LogP contribution < -0.4 is 4.90 Å². The van der Waals surface area contributed by atoms with Gasteiger partial charge in [0.1, 0.15) is 5.92 Å². The normalized spacial score (nSPS) is 19.6. The minimum atomic E-state index is -4.58. The van der Waals surface area contributed by atoms with Crippen molar-refractivity contribution in [3.8, 4) is 0 Å². The van der Waals surface area contributed by atoms with Crippen molar-refractivity contribution in [1.29, 1.82) is 0 Å². The van der Waals surface area contributed by atoms with Crippen molar-refractivity contribution in [2.45, 2.75) is 12.1 Å². The Labute approximate surface area is 163 Å². The minimum Gasteiger partial charge on any atom is -0.344 e. The summed E-state index contributed by atoms with van der Waals surface area (Å²) < 4.78 is 66.8. The van der Waals surface area contributed by atoms with Crippen molar-refractivity contribution in [2.24, 2.45) is 5.92 Å². The van der Waals surface area contributed by atoms with Crippen LogP contribution in [0.5, 0.6) is 0 Å². The van der Waals surface area contributed by atoms with Crippen molar-refractivity contribution in [2.75, 3.05) is 25.5 Å². The zero-order valence-corrected chi connectivity index (χ0v) is 15.5. The number of likely N-dealkylation sites (N-methyl/N-ethyl adjacent to an activating group) is 1. The maximum atomic E-state index is 14.1. The van der Waals surface area contributed by atoms with Crippen LogP contribution in [0.25, 0.3) is 0 Å². The number of hydrogen-bond donors (Lipinski definition) is 0. The molecule has 1 heterocycles. The zero-order chi connectivity index (χ0) is 21.5. The molecular weight excluding hydrogens is 395 g/mol. The van der Waals surface area contributed by atoms with Crippen LogP contribution in [0, 0.1) is 17.6 Å². The number of anilines is 1. The molecule has 1 aliphatic heterocycles. The molecule has 0 spiro atoms. The number of hydrogen-bond acceptors (Lipinski definition) is 2. The highest BCUT2D eigenvalue weighted by Crippen LogP contribution is 2.38. The summed E-state index contributed by atoms with van der Waals surface area (Å²) in [6.45, 7) is 0.0238. The fourth-order valence-corrected chi connectivity index (χ4v) is 3.50. The second kappa shape index (κ2) is 7.46. The molecule has 1 saturated heterocycles. The molecular formula is C20H17F5N2O2. The van der Waals surface area contributed by atoms with Crippen LogP contribution in [0.1, 0.15) is 17.0 Å². The zero-order valence-electron chi connectivity index (χ0n) is 15.5. The summed E-state index contributed by atoms with van der Waals surface area (Å²) in [4.78, 5) is 27.6. The molecule has 0 bridgehead atoms. The topological polar surface area (TPSA) is 40.6 Å². The van der Waals surface area contributed by atoms with Gasteiger partial charge in [0.2, 0.25) is 11.8 Å². The highest BCUT2D eigenvalue weighted by molar-refractivity contribution is 6.09. The SMILES string of the molecule is CN1CC(c2cccc(C(F)(F)F)c2)C(C(=O)N(C)c2cccc(F)c2F)C1=O. The first-order valence-corrected chi connectivity index (χ1v) is 8.66. The molecule has 2 atom stereocenters. The van der Waals surface area contributed by atoms with Crippen LogP contribution in [0.3, 0.4) is 0 Å². The van der Waals surface area contributed by atoms with Crippen molar-refractivity contribution in [3.63, 3.8) is 0 Å². The lowest BCUT2D eigenvalue weighted by atomic mass is 9.86. The molecule has 154 valence electrons. The second-order valence-corrected chi connectivity index (χ2v) is 6.90. The number of amides is 2. The van der Waals surface area contributed by atoms with Crippen LogP contribution in [0.4, 0.5) is 27.6 Å². The smallest absolute Gasteiger partial charge is 0.344 e. The third kappa shape index (κ3) is 3.81. The molecule has 2 aromatic carbocycles. The van der Waals surface area contributed by atoms with E-state index >= 15 is 0 Å².